The van der Waals surface area contributed by atoms with Crippen LogP contribution in [0.4, 0.5) is 0 Å². The van der Waals surface area contributed by atoms with Crippen LogP contribution < -0.4 is 4.74 Å². The Morgan fingerprint density at radius 3 is 2.27 bits per heavy atom. The number of hydrogen-bond donors (Lipinski definition) is 0. The zero-order valence-corrected chi connectivity index (χ0v) is 18.1. The first kappa shape index (κ1) is 19.1. The van der Waals surface area contributed by atoms with E-state index in [-0.39, 0.29) is 0 Å². The maximum absolute atomic E-state index is 12.2. The van der Waals surface area contributed by atoms with Gasteiger partial charge in [0.1, 0.15) is 5.76 Å². The standard InChI is InChI=1S/C19H11Br3O4/c1-10(23)25-18-15(21)7-11(8-16(18)22)6-13-9-17(26-19(13)24)12-2-4-14(20)5-3-12/h2-9H,1H3/b13-6+. The summed E-state index contributed by atoms with van der Waals surface area (Å²) in [5.41, 5.74) is 2.00. The number of ether oxygens (including phenoxy) is 2. The first-order valence-electron chi connectivity index (χ1n) is 7.42. The van der Waals surface area contributed by atoms with Crippen molar-refractivity contribution in [2.45, 2.75) is 6.92 Å². The van der Waals surface area contributed by atoms with Crippen LogP contribution in [0, 0.1) is 0 Å². The van der Waals surface area contributed by atoms with Gasteiger partial charge in [-0.25, -0.2) is 4.79 Å². The molecule has 1 aliphatic rings. The topological polar surface area (TPSA) is 52.6 Å². The Morgan fingerprint density at radius 1 is 1.08 bits per heavy atom. The van der Waals surface area contributed by atoms with Crippen molar-refractivity contribution in [2.75, 3.05) is 0 Å². The Bertz CT molecular complexity index is 936. The largest absolute Gasteiger partial charge is 0.424 e. The number of halogens is 3. The summed E-state index contributed by atoms with van der Waals surface area (Å²) >= 11 is 10.1. The molecule has 0 saturated heterocycles. The second-order valence-electron chi connectivity index (χ2n) is 5.41. The van der Waals surface area contributed by atoms with Crippen LogP contribution in [-0.4, -0.2) is 11.9 Å². The highest BCUT2D eigenvalue weighted by atomic mass is 79.9. The maximum atomic E-state index is 12.2. The molecule has 26 heavy (non-hydrogen) atoms. The van der Waals surface area contributed by atoms with Crippen LogP contribution in [-0.2, 0) is 14.3 Å². The molecule has 0 aromatic heterocycles. The van der Waals surface area contributed by atoms with E-state index in [1.165, 1.54) is 6.92 Å². The molecule has 0 aliphatic carbocycles. The van der Waals surface area contributed by atoms with E-state index in [1.807, 2.05) is 24.3 Å². The molecule has 0 atom stereocenters. The van der Waals surface area contributed by atoms with Crippen LogP contribution in [0.2, 0.25) is 0 Å². The SMILES string of the molecule is CC(=O)Oc1c(Br)cc(/C=C2\C=C(c3ccc(Br)cc3)OC2=O)cc1Br. The number of carbonyl (C=O) groups excluding carboxylic acids is 2. The van der Waals surface area contributed by atoms with Gasteiger partial charge < -0.3 is 9.47 Å². The second kappa shape index (κ2) is 7.90. The minimum Gasteiger partial charge on any atom is -0.424 e. The van der Waals surface area contributed by atoms with Crippen molar-refractivity contribution >= 4 is 71.6 Å². The summed E-state index contributed by atoms with van der Waals surface area (Å²) in [6.45, 7) is 1.33. The van der Waals surface area contributed by atoms with Crippen LogP contribution >= 0.6 is 47.8 Å². The third-order valence-corrected chi connectivity index (χ3v) is 5.15. The van der Waals surface area contributed by atoms with E-state index in [9.17, 15) is 9.59 Å². The summed E-state index contributed by atoms with van der Waals surface area (Å²) in [4.78, 5) is 23.3. The van der Waals surface area contributed by atoms with Crippen molar-refractivity contribution in [3.63, 3.8) is 0 Å². The number of rotatable bonds is 3. The predicted molar refractivity (Wildman–Crippen MR) is 109 cm³/mol. The highest BCUT2D eigenvalue weighted by Crippen LogP contribution is 2.36. The molecule has 0 saturated carbocycles. The lowest BCUT2D eigenvalue weighted by atomic mass is 10.1. The molecule has 1 heterocycles. The number of benzene rings is 2. The Kier molecular flexibility index (Phi) is 5.79. The molecule has 0 radical (unpaired) electrons. The van der Waals surface area contributed by atoms with E-state index in [4.69, 9.17) is 9.47 Å². The minimum absolute atomic E-state index is 0.389. The molecule has 0 N–H and O–H groups in total. The zero-order valence-electron chi connectivity index (χ0n) is 13.4. The summed E-state index contributed by atoms with van der Waals surface area (Å²) in [7, 11) is 0. The van der Waals surface area contributed by atoms with Crippen LogP contribution in [0.1, 0.15) is 18.1 Å². The van der Waals surface area contributed by atoms with Crippen molar-refractivity contribution in [3.05, 3.63) is 72.6 Å². The molecule has 1 aliphatic heterocycles. The average molecular weight is 543 g/mol. The van der Waals surface area contributed by atoms with Gasteiger partial charge in [0, 0.05) is 17.0 Å². The van der Waals surface area contributed by atoms with Gasteiger partial charge in [0.05, 0.1) is 14.5 Å². The summed E-state index contributed by atoms with van der Waals surface area (Å²) in [5, 5.41) is 0. The van der Waals surface area contributed by atoms with E-state index in [1.54, 1.807) is 24.3 Å². The fourth-order valence-electron chi connectivity index (χ4n) is 2.33. The van der Waals surface area contributed by atoms with E-state index in [0.29, 0.717) is 26.0 Å². The van der Waals surface area contributed by atoms with Gasteiger partial charge in [0.2, 0.25) is 0 Å². The Morgan fingerprint density at radius 2 is 1.69 bits per heavy atom. The van der Waals surface area contributed by atoms with Gasteiger partial charge in [-0.3, -0.25) is 4.79 Å². The first-order chi connectivity index (χ1) is 12.3. The summed E-state index contributed by atoms with van der Waals surface area (Å²) in [5.74, 6) is 0.0568. The lowest BCUT2D eigenvalue weighted by Gasteiger charge is -2.08. The molecule has 0 fully saturated rings. The maximum Gasteiger partial charge on any atom is 0.343 e. The summed E-state index contributed by atoms with van der Waals surface area (Å²) in [6, 6.07) is 11.0. The van der Waals surface area contributed by atoms with Crippen LogP contribution in [0.15, 0.2) is 61.5 Å². The highest BCUT2D eigenvalue weighted by molar-refractivity contribution is 9.11. The van der Waals surface area contributed by atoms with E-state index >= 15 is 0 Å². The third kappa shape index (κ3) is 4.34. The van der Waals surface area contributed by atoms with Crippen molar-refractivity contribution in [1.29, 1.82) is 0 Å². The first-order valence-corrected chi connectivity index (χ1v) is 9.80. The van der Waals surface area contributed by atoms with E-state index < -0.39 is 11.9 Å². The molecule has 4 nitrogen and oxygen atoms in total. The molecule has 0 spiro atoms. The number of carbonyl (C=O) groups is 2. The monoisotopic (exact) mass is 540 g/mol. The minimum atomic E-state index is -0.418. The molecule has 0 unspecified atom stereocenters. The fraction of sp³-hybridized carbons (Fsp3) is 0.0526. The summed E-state index contributed by atoms with van der Waals surface area (Å²) < 4.78 is 12.6. The second-order valence-corrected chi connectivity index (χ2v) is 8.04. The van der Waals surface area contributed by atoms with Gasteiger partial charge in [-0.1, -0.05) is 28.1 Å². The van der Waals surface area contributed by atoms with Crippen molar-refractivity contribution in [2.24, 2.45) is 0 Å². The molecule has 0 bridgehead atoms. The smallest absolute Gasteiger partial charge is 0.343 e. The average Bonchev–Trinajstić information content (AvgIpc) is 2.92. The normalized spacial score (nSPS) is 15.0. The Balaban J connectivity index is 1.93. The zero-order chi connectivity index (χ0) is 18.8. The van der Waals surface area contributed by atoms with Crippen LogP contribution in [0.5, 0.6) is 5.75 Å². The molecule has 2 aromatic carbocycles. The van der Waals surface area contributed by atoms with Crippen molar-refractivity contribution < 1.29 is 19.1 Å². The lowest BCUT2D eigenvalue weighted by molar-refractivity contribution is -0.132. The van der Waals surface area contributed by atoms with E-state index in [2.05, 4.69) is 47.8 Å². The van der Waals surface area contributed by atoms with Gasteiger partial charge in [-0.15, -0.1) is 0 Å². The van der Waals surface area contributed by atoms with Gasteiger partial charge in [0.25, 0.3) is 0 Å². The molecule has 2 aromatic rings. The fourth-order valence-corrected chi connectivity index (χ4v) is 3.98. The van der Waals surface area contributed by atoms with Crippen molar-refractivity contribution in [1.82, 2.24) is 0 Å². The quantitative estimate of drug-likeness (QED) is 0.276. The van der Waals surface area contributed by atoms with Gasteiger partial charge >= 0.3 is 11.9 Å². The predicted octanol–water partition coefficient (Wildman–Crippen LogP) is 5.88. The Hall–Kier alpha value is -1.70. The lowest BCUT2D eigenvalue weighted by Crippen LogP contribution is -2.03. The number of hydrogen-bond acceptors (Lipinski definition) is 4. The number of esters is 2. The van der Waals surface area contributed by atoms with Gasteiger partial charge in [0.15, 0.2) is 5.75 Å². The summed E-state index contributed by atoms with van der Waals surface area (Å²) in [6.07, 6.45) is 3.41. The highest BCUT2D eigenvalue weighted by Gasteiger charge is 2.22. The molecule has 3 rings (SSSR count). The molecular weight excluding hydrogens is 532 g/mol. The van der Waals surface area contributed by atoms with Crippen LogP contribution in [0.25, 0.3) is 11.8 Å². The molecular formula is C19H11Br3O4. The van der Waals surface area contributed by atoms with Gasteiger partial charge in [-0.05, 0) is 73.8 Å². The third-order valence-electron chi connectivity index (χ3n) is 3.44. The molecule has 7 heteroatoms. The van der Waals surface area contributed by atoms with E-state index in [0.717, 1.165) is 15.6 Å². The van der Waals surface area contributed by atoms with Crippen LogP contribution in [0.3, 0.4) is 0 Å². The molecule has 0 amide bonds. The van der Waals surface area contributed by atoms with Crippen molar-refractivity contribution in [3.8, 4) is 5.75 Å². The number of cyclic esters (lactones) is 1. The Labute approximate surface area is 175 Å². The van der Waals surface area contributed by atoms with Gasteiger partial charge in [-0.2, -0.15) is 0 Å². The molecule has 132 valence electrons.